The van der Waals surface area contributed by atoms with Crippen molar-refractivity contribution in [3.8, 4) is 0 Å². The molecule has 9 heteroatoms. The van der Waals surface area contributed by atoms with Gasteiger partial charge >= 0.3 is 0 Å². The number of carbonyl (C=O) groups is 1. The summed E-state index contributed by atoms with van der Waals surface area (Å²) < 4.78 is 11.3. The second kappa shape index (κ2) is 63.9. The highest BCUT2D eigenvalue weighted by atomic mass is 16.7. The maximum absolute atomic E-state index is 13.1. The van der Waals surface area contributed by atoms with Gasteiger partial charge in [-0.15, -0.1) is 0 Å². The molecule has 6 N–H and O–H groups in total. The number of hydrogen-bond acceptors (Lipinski definition) is 8. The number of rotatable bonds is 67. The fraction of sp³-hybridized carbons (Fsp3) is 0.959. The molecular formula is C74H145NO8. The lowest BCUT2D eigenvalue weighted by atomic mass is 9.99. The van der Waals surface area contributed by atoms with Crippen LogP contribution in [0.3, 0.4) is 0 Å². The summed E-state index contributed by atoms with van der Waals surface area (Å²) in [6, 6.07) is -0.802. The van der Waals surface area contributed by atoms with Gasteiger partial charge in [0.05, 0.1) is 25.4 Å². The van der Waals surface area contributed by atoms with E-state index in [0.29, 0.717) is 6.42 Å². The fourth-order valence-electron chi connectivity index (χ4n) is 12.5. The Morgan fingerprint density at radius 2 is 0.663 bits per heavy atom. The molecule has 0 aromatic rings. The van der Waals surface area contributed by atoms with Gasteiger partial charge in [0, 0.05) is 6.42 Å². The summed E-state index contributed by atoms with van der Waals surface area (Å²) in [5.41, 5.74) is 0. The average molecular weight is 1180 g/mol. The standard InChI is InChI=1S/C74H145NO8/c1-3-5-7-9-11-13-15-17-19-21-23-25-27-29-31-33-34-35-36-37-39-41-43-45-47-49-51-53-55-57-59-61-63-68(77)67(66-82-74-73(81)72(80)71(79)69(65-76)83-74)75-70(78)64-62-60-58-56-54-52-50-48-46-44-42-40-38-32-30-28-26-24-22-20-18-16-14-12-10-8-6-4-2/h61,63,67-69,71-74,76-77,79-81H,3-60,62,64-66H2,1-2H3,(H,75,78)/b63-61+. The lowest BCUT2D eigenvalue weighted by Crippen LogP contribution is -2.60. The predicted molar refractivity (Wildman–Crippen MR) is 355 cm³/mol. The Labute approximate surface area is 516 Å². The molecule has 0 aromatic carbocycles. The molecule has 1 rings (SSSR count). The third-order valence-corrected chi connectivity index (χ3v) is 18.4. The first-order chi connectivity index (χ1) is 40.8. The van der Waals surface area contributed by atoms with Crippen LogP contribution in [0.15, 0.2) is 12.2 Å². The van der Waals surface area contributed by atoms with Crippen LogP contribution in [0.25, 0.3) is 0 Å². The van der Waals surface area contributed by atoms with Crippen LogP contribution in [0.1, 0.15) is 399 Å². The third-order valence-electron chi connectivity index (χ3n) is 18.4. The maximum atomic E-state index is 13.1. The summed E-state index contributed by atoms with van der Waals surface area (Å²) in [6.45, 7) is 3.85. The molecular weight excluding hydrogens is 1030 g/mol. The molecule has 1 saturated heterocycles. The first kappa shape index (κ1) is 79.9. The molecule has 1 amide bonds. The van der Waals surface area contributed by atoms with Gasteiger partial charge < -0.3 is 40.3 Å². The van der Waals surface area contributed by atoms with Crippen molar-refractivity contribution in [3.63, 3.8) is 0 Å². The molecule has 7 atom stereocenters. The minimum absolute atomic E-state index is 0.166. The van der Waals surface area contributed by atoms with Gasteiger partial charge in [-0.05, 0) is 19.3 Å². The fourth-order valence-corrected chi connectivity index (χ4v) is 12.5. The number of aliphatic hydroxyl groups is 5. The van der Waals surface area contributed by atoms with Gasteiger partial charge in [-0.2, -0.15) is 0 Å². The first-order valence-corrected chi connectivity index (χ1v) is 37.4. The Balaban J connectivity index is 2.09. The van der Waals surface area contributed by atoms with Gasteiger partial charge in [0.1, 0.15) is 24.4 Å². The third kappa shape index (κ3) is 52.6. The number of aliphatic hydroxyl groups excluding tert-OH is 5. The van der Waals surface area contributed by atoms with Gasteiger partial charge in [-0.25, -0.2) is 0 Å². The quantitative estimate of drug-likeness (QED) is 0.0261. The number of amides is 1. The van der Waals surface area contributed by atoms with E-state index in [1.165, 1.54) is 340 Å². The number of unbranched alkanes of at least 4 members (excludes halogenated alkanes) is 57. The van der Waals surface area contributed by atoms with E-state index < -0.39 is 49.5 Å². The Bertz CT molecular complexity index is 1320. The van der Waals surface area contributed by atoms with Crippen LogP contribution in [0.5, 0.6) is 0 Å². The lowest BCUT2D eigenvalue weighted by Gasteiger charge is -2.40. The van der Waals surface area contributed by atoms with Crippen LogP contribution < -0.4 is 5.32 Å². The lowest BCUT2D eigenvalue weighted by molar-refractivity contribution is -0.302. The molecule has 0 spiro atoms. The van der Waals surface area contributed by atoms with Crippen LogP contribution in [-0.4, -0.2) is 87.5 Å². The van der Waals surface area contributed by atoms with E-state index in [2.05, 4.69) is 19.2 Å². The molecule has 0 aromatic heterocycles. The first-order valence-electron chi connectivity index (χ1n) is 37.4. The Hall–Kier alpha value is -1.07. The zero-order valence-corrected chi connectivity index (χ0v) is 55.5. The summed E-state index contributed by atoms with van der Waals surface area (Å²) >= 11 is 0. The van der Waals surface area contributed by atoms with Crippen LogP contribution in [0.2, 0.25) is 0 Å². The summed E-state index contributed by atoms with van der Waals surface area (Å²) in [7, 11) is 0. The predicted octanol–water partition coefficient (Wildman–Crippen LogP) is 20.7. The van der Waals surface area contributed by atoms with Crippen LogP contribution in [0, 0.1) is 0 Å². The van der Waals surface area contributed by atoms with Crippen molar-refractivity contribution in [2.45, 2.75) is 442 Å². The molecule has 1 fully saturated rings. The summed E-state index contributed by atoms with van der Waals surface area (Å²) in [4.78, 5) is 13.1. The molecule has 0 bridgehead atoms. The molecule has 0 saturated carbocycles. The van der Waals surface area contributed by atoms with Crippen LogP contribution in [-0.2, 0) is 14.3 Å². The van der Waals surface area contributed by atoms with Crippen molar-refractivity contribution < 1.29 is 39.8 Å². The van der Waals surface area contributed by atoms with Crippen molar-refractivity contribution in [1.29, 1.82) is 0 Å². The number of carbonyl (C=O) groups excluding carboxylic acids is 1. The highest BCUT2D eigenvalue weighted by Crippen LogP contribution is 2.24. The average Bonchev–Trinajstić information content (AvgIpc) is 3.50. The SMILES string of the molecule is CCCCCCCCCCCCCCCCCCCCCCCCCCCCCCCC/C=C/C(O)C(COC1OC(CO)C(O)C(O)C1O)NC(=O)CCCCCCCCCCCCCCCCCCCCCCCCCCCCCC. The van der Waals surface area contributed by atoms with Crippen molar-refractivity contribution in [1.82, 2.24) is 5.32 Å². The van der Waals surface area contributed by atoms with Gasteiger partial charge in [0.15, 0.2) is 6.29 Å². The molecule has 7 unspecified atom stereocenters. The van der Waals surface area contributed by atoms with Crippen LogP contribution in [0.4, 0.5) is 0 Å². The molecule has 1 aliphatic heterocycles. The topological polar surface area (TPSA) is 149 Å². The summed E-state index contributed by atoms with van der Waals surface area (Å²) in [5, 5.41) is 54.8. The number of allylic oxidation sites excluding steroid dienone is 1. The van der Waals surface area contributed by atoms with E-state index in [1.807, 2.05) is 6.08 Å². The summed E-state index contributed by atoms with van der Waals surface area (Å²) in [6.07, 6.45) is 76.3. The van der Waals surface area contributed by atoms with E-state index in [-0.39, 0.29) is 12.5 Å². The minimum Gasteiger partial charge on any atom is -0.394 e. The minimum atomic E-state index is -1.56. The zero-order chi connectivity index (χ0) is 60.0. The highest BCUT2D eigenvalue weighted by Gasteiger charge is 2.44. The molecule has 1 aliphatic rings. The highest BCUT2D eigenvalue weighted by molar-refractivity contribution is 5.76. The molecule has 494 valence electrons. The van der Waals surface area contributed by atoms with Crippen molar-refractivity contribution >= 4 is 5.91 Å². The monoisotopic (exact) mass is 1180 g/mol. The van der Waals surface area contributed by atoms with E-state index in [0.717, 1.165) is 38.5 Å². The van der Waals surface area contributed by atoms with Gasteiger partial charge in [0.25, 0.3) is 0 Å². The Morgan fingerprint density at radius 3 is 0.940 bits per heavy atom. The maximum Gasteiger partial charge on any atom is 0.220 e. The van der Waals surface area contributed by atoms with Gasteiger partial charge in [0.2, 0.25) is 5.91 Å². The second-order valence-electron chi connectivity index (χ2n) is 26.5. The van der Waals surface area contributed by atoms with Gasteiger partial charge in [-0.1, -0.05) is 386 Å². The molecule has 83 heavy (non-hydrogen) atoms. The normalized spacial score (nSPS) is 18.2. The van der Waals surface area contributed by atoms with Crippen molar-refractivity contribution in [3.05, 3.63) is 12.2 Å². The van der Waals surface area contributed by atoms with E-state index in [4.69, 9.17) is 9.47 Å². The Kier molecular flexibility index (Phi) is 61.6. The summed E-state index contributed by atoms with van der Waals surface area (Å²) in [5.74, 6) is -0.166. The van der Waals surface area contributed by atoms with E-state index >= 15 is 0 Å². The number of nitrogens with one attached hydrogen (secondary N) is 1. The molecule has 0 aliphatic carbocycles. The second-order valence-corrected chi connectivity index (χ2v) is 26.5. The number of hydrogen-bond donors (Lipinski definition) is 6. The number of ether oxygens (including phenoxy) is 2. The molecule has 1 heterocycles. The largest absolute Gasteiger partial charge is 0.394 e. The molecule has 0 radical (unpaired) electrons. The van der Waals surface area contributed by atoms with E-state index in [9.17, 15) is 30.3 Å². The van der Waals surface area contributed by atoms with E-state index in [1.54, 1.807) is 6.08 Å². The van der Waals surface area contributed by atoms with Crippen LogP contribution >= 0.6 is 0 Å². The van der Waals surface area contributed by atoms with Gasteiger partial charge in [-0.3, -0.25) is 4.79 Å². The molecule has 9 nitrogen and oxygen atoms in total. The Morgan fingerprint density at radius 1 is 0.398 bits per heavy atom. The van der Waals surface area contributed by atoms with Crippen molar-refractivity contribution in [2.75, 3.05) is 13.2 Å². The smallest absolute Gasteiger partial charge is 0.220 e. The zero-order valence-electron chi connectivity index (χ0n) is 55.5. The van der Waals surface area contributed by atoms with Crippen molar-refractivity contribution in [2.24, 2.45) is 0 Å².